The zero-order valence-corrected chi connectivity index (χ0v) is 27.8. The first-order valence-corrected chi connectivity index (χ1v) is 16.6. The molecule has 0 spiro atoms. The number of anilines is 2. The molecule has 2 fully saturated rings. The Kier molecular flexibility index (Phi) is 10.5. The van der Waals surface area contributed by atoms with Crippen LogP contribution < -0.4 is 20.1 Å². The number of nitrogens with zero attached hydrogens (tertiary/aromatic N) is 8. The Morgan fingerprint density at radius 3 is 2.72 bits per heavy atom. The molecule has 1 aliphatic heterocycles. The summed E-state index contributed by atoms with van der Waals surface area (Å²) in [6, 6.07) is 5.81. The second-order valence-electron chi connectivity index (χ2n) is 12.7. The molecule has 4 heterocycles. The minimum Gasteiger partial charge on any atom is -0.487 e. The van der Waals surface area contributed by atoms with Crippen molar-refractivity contribution < 1.29 is 19.3 Å². The number of hydrogen-bond donors (Lipinski definition) is 3. The fourth-order valence-electron chi connectivity index (χ4n) is 6.46. The molecule has 14 nitrogen and oxygen atoms in total. The third-order valence-corrected chi connectivity index (χ3v) is 9.19. The van der Waals surface area contributed by atoms with Crippen LogP contribution in [0.15, 0.2) is 43.1 Å². The van der Waals surface area contributed by atoms with Crippen molar-refractivity contribution in [3.8, 4) is 22.8 Å². The van der Waals surface area contributed by atoms with E-state index in [-0.39, 0.29) is 30.5 Å². The maximum Gasteiger partial charge on any atom is 0.256 e. The van der Waals surface area contributed by atoms with Gasteiger partial charge >= 0.3 is 0 Å². The number of benzene rings is 1. The van der Waals surface area contributed by atoms with Crippen LogP contribution >= 0.6 is 11.6 Å². The third kappa shape index (κ3) is 8.18. The highest BCUT2D eigenvalue weighted by Crippen LogP contribution is 2.41. The van der Waals surface area contributed by atoms with Crippen LogP contribution in [0.1, 0.15) is 58.9 Å². The van der Waals surface area contributed by atoms with Crippen LogP contribution in [0, 0.1) is 5.92 Å². The first kappa shape index (κ1) is 33.1. The molecule has 0 amide bonds. The van der Waals surface area contributed by atoms with Crippen molar-refractivity contribution in [2.24, 2.45) is 5.92 Å². The predicted molar refractivity (Wildman–Crippen MR) is 176 cm³/mol. The number of tetrazole rings is 1. The van der Waals surface area contributed by atoms with Crippen LogP contribution in [0.2, 0.25) is 5.02 Å². The van der Waals surface area contributed by atoms with Crippen molar-refractivity contribution in [3.05, 3.63) is 48.1 Å². The normalized spacial score (nSPS) is 23.7. The van der Waals surface area contributed by atoms with E-state index < -0.39 is 0 Å². The van der Waals surface area contributed by atoms with E-state index in [9.17, 15) is 5.11 Å². The molecule has 15 heteroatoms. The summed E-state index contributed by atoms with van der Waals surface area (Å²) in [5.74, 6) is 1.92. The number of rotatable bonds is 13. The fourth-order valence-corrected chi connectivity index (χ4v) is 6.62. The standard InChI is InChI=1S/C32H43ClN10O4/c1-21-14-34-19-32(3,47-21)25-6-8-26(9-7-25)43-18-28(30(39-43)45-12-4-11-44)38-31-35-15-24(16-36-31)23-5-10-27(33)29(13-23)46-22(2)17-42-20-37-40-41-42/h5,10,13,15-16,18,20-22,25-26,34,44H,4,6-9,11-12,14,17,19H2,1-3H3,(H,35,36,38)/t21-,22?,25?,26?,32-/m1/s1. The van der Waals surface area contributed by atoms with E-state index in [4.69, 9.17) is 30.9 Å². The lowest BCUT2D eigenvalue weighted by molar-refractivity contribution is -0.138. The van der Waals surface area contributed by atoms with Gasteiger partial charge in [-0.15, -0.1) is 10.2 Å². The number of ether oxygens (including phenoxy) is 3. The molecule has 6 rings (SSSR count). The summed E-state index contributed by atoms with van der Waals surface area (Å²) >= 11 is 6.44. The van der Waals surface area contributed by atoms with Gasteiger partial charge in [-0.1, -0.05) is 17.7 Å². The van der Waals surface area contributed by atoms with Gasteiger partial charge in [0.05, 0.1) is 42.1 Å². The van der Waals surface area contributed by atoms with Gasteiger partial charge < -0.3 is 30.0 Å². The Bertz CT molecular complexity index is 1580. The van der Waals surface area contributed by atoms with Crippen molar-refractivity contribution in [1.29, 1.82) is 0 Å². The van der Waals surface area contributed by atoms with Gasteiger partial charge in [0.1, 0.15) is 23.9 Å². The molecular weight excluding hydrogens is 624 g/mol. The third-order valence-electron chi connectivity index (χ3n) is 8.88. The van der Waals surface area contributed by atoms with Gasteiger partial charge in [-0.05, 0) is 80.5 Å². The van der Waals surface area contributed by atoms with Gasteiger partial charge in [-0.25, -0.2) is 14.6 Å². The number of halogens is 1. The Morgan fingerprint density at radius 1 is 1.19 bits per heavy atom. The van der Waals surface area contributed by atoms with E-state index in [1.807, 2.05) is 29.9 Å². The monoisotopic (exact) mass is 666 g/mol. The molecule has 3 aromatic heterocycles. The molecule has 0 bridgehead atoms. The second kappa shape index (κ2) is 14.9. The number of nitrogens with one attached hydrogen (secondary N) is 2. The van der Waals surface area contributed by atoms with Gasteiger partial charge in [0.25, 0.3) is 5.88 Å². The quantitative estimate of drug-likeness (QED) is 0.172. The van der Waals surface area contributed by atoms with Crippen LogP contribution in [0.3, 0.4) is 0 Å². The molecular formula is C32H43ClN10O4. The number of morpholine rings is 1. The molecule has 4 aromatic rings. The molecule has 1 aromatic carbocycles. The highest BCUT2D eigenvalue weighted by atomic mass is 35.5. The van der Waals surface area contributed by atoms with Crippen molar-refractivity contribution in [1.82, 2.24) is 45.3 Å². The largest absolute Gasteiger partial charge is 0.487 e. The Labute approximate surface area is 279 Å². The SMILES string of the molecule is CC(Cn1cnnn1)Oc1cc(-c2cnc(Nc3cn(C4CCC([C@@]5(C)CNC[C@@H](C)O5)CC4)nc3OCCCO)nc2)ccc1Cl. The first-order valence-electron chi connectivity index (χ1n) is 16.3. The summed E-state index contributed by atoms with van der Waals surface area (Å²) in [7, 11) is 0. The highest BCUT2D eigenvalue weighted by molar-refractivity contribution is 6.32. The lowest BCUT2D eigenvalue weighted by Crippen LogP contribution is -2.55. The number of aromatic nitrogens is 8. The number of hydrogen-bond acceptors (Lipinski definition) is 12. The predicted octanol–water partition coefficient (Wildman–Crippen LogP) is 4.45. The molecule has 0 radical (unpaired) electrons. The van der Waals surface area contributed by atoms with Crippen molar-refractivity contribution in [2.45, 2.75) is 83.3 Å². The minimum atomic E-state index is -0.214. The Morgan fingerprint density at radius 2 is 2.00 bits per heavy atom. The summed E-state index contributed by atoms with van der Waals surface area (Å²) < 4.78 is 22.1. The van der Waals surface area contributed by atoms with Crippen LogP contribution in [0.5, 0.6) is 11.6 Å². The van der Waals surface area contributed by atoms with Gasteiger partial charge in [0.15, 0.2) is 0 Å². The maximum absolute atomic E-state index is 9.30. The zero-order valence-electron chi connectivity index (χ0n) is 27.0. The van der Waals surface area contributed by atoms with Crippen LogP contribution in [0.25, 0.3) is 11.1 Å². The van der Waals surface area contributed by atoms with Gasteiger partial charge in [0, 0.05) is 44.1 Å². The Balaban J connectivity index is 1.12. The molecule has 1 aliphatic carbocycles. The topological polar surface area (TPSA) is 159 Å². The molecule has 3 N–H and O–H groups in total. The van der Waals surface area contributed by atoms with Crippen molar-refractivity contribution in [3.63, 3.8) is 0 Å². The summed E-state index contributed by atoms with van der Waals surface area (Å²) in [6.45, 7) is 8.97. The van der Waals surface area contributed by atoms with E-state index in [1.54, 1.807) is 23.1 Å². The van der Waals surface area contributed by atoms with Crippen molar-refractivity contribution in [2.75, 3.05) is 31.6 Å². The minimum absolute atomic E-state index is 0.0437. The lowest BCUT2D eigenvalue weighted by atomic mass is 9.75. The number of aliphatic hydroxyl groups is 1. The van der Waals surface area contributed by atoms with Gasteiger partial charge in [0.2, 0.25) is 5.95 Å². The maximum atomic E-state index is 9.30. The van der Waals surface area contributed by atoms with Crippen LogP contribution in [-0.2, 0) is 11.3 Å². The average Bonchev–Trinajstić information content (AvgIpc) is 3.73. The first-order chi connectivity index (χ1) is 22.8. The smallest absolute Gasteiger partial charge is 0.256 e. The zero-order chi connectivity index (χ0) is 32.8. The molecule has 1 unspecified atom stereocenters. The Hall–Kier alpha value is -3.85. The summed E-state index contributed by atoms with van der Waals surface area (Å²) in [6.07, 6.45) is 11.7. The van der Waals surface area contributed by atoms with E-state index in [2.05, 4.69) is 50.0 Å². The van der Waals surface area contributed by atoms with E-state index in [0.29, 0.717) is 53.8 Å². The highest BCUT2D eigenvalue weighted by Gasteiger charge is 2.41. The van der Waals surface area contributed by atoms with E-state index in [1.165, 1.54) is 6.33 Å². The average molecular weight is 667 g/mol. The van der Waals surface area contributed by atoms with Crippen LogP contribution in [0.4, 0.5) is 11.6 Å². The molecule has 3 atom stereocenters. The summed E-state index contributed by atoms with van der Waals surface area (Å²) in [4.78, 5) is 9.15. The molecule has 1 saturated heterocycles. The second-order valence-corrected chi connectivity index (χ2v) is 13.1. The van der Waals surface area contributed by atoms with E-state index >= 15 is 0 Å². The summed E-state index contributed by atoms with van der Waals surface area (Å²) in [5, 5.41) is 32.6. The molecule has 1 saturated carbocycles. The fraction of sp³-hybridized carbons (Fsp3) is 0.562. The summed E-state index contributed by atoms with van der Waals surface area (Å²) in [5.41, 5.74) is 2.20. The number of aliphatic hydroxyl groups excluding tert-OH is 1. The molecule has 47 heavy (non-hydrogen) atoms. The lowest BCUT2D eigenvalue weighted by Gasteiger charge is -2.46. The molecule has 2 aliphatic rings. The van der Waals surface area contributed by atoms with Gasteiger partial charge in [-0.3, -0.25) is 4.68 Å². The molecule has 252 valence electrons. The van der Waals surface area contributed by atoms with Crippen LogP contribution in [-0.4, -0.2) is 89.2 Å². The van der Waals surface area contributed by atoms with Crippen molar-refractivity contribution >= 4 is 23.2 Å². The van der Waals surface area contributed by atoms with Gasteiger partial charge in [-0.2, -0.15) is 0 Å². The van der Waals surface area contributed by atoms with E-state index in [0.717, 1.165) is 49.9 Å².